The van der Waals surface area contributed by atoms with Crippen LogP contribution in [0.3, 0.4) is 0 Å². The van der Waals surface area contributed by atoms with Crippen molar-refractivity contribution >= 4 is 23.1 Å². The molecule has 1 atom stereocenters. The van der Waals surface area contributed by atoms with E-state index in [1.54, 1.807) is 30.3 Å². The van der Waals surface area contributed by atoms with E-state index in [0.717, 1.165) is 6.08 Å². The van der Waals surface area contributed by atoms with E-state index in [1.807, 2.05) is 0 Å². The fraction of sp³-hybridized carbons (Fsp3) is 0.167. The second kappa shape index (κ2) is 5.98. The molecule has 0 saturated carbocycles. The van der Waals surface area contributed by atoms with Gasteiger partial charge in [0.15, 0.2) is 0 Å². The Labute approximate surface area is 141 Å². The highest BCUT2D eigenvalue weighted by atomic mass is 35.5. The van der Waals surface area contributed by atoms with Crippen LogP contribution in [0.4, 0.5) is 13.2 Å². The van der Waals surface area contributed by atoms with Gasteiger partial charge in [-0.05, 0) is 23.3 Å². The third-order valence-corrected chi connectivity index (χ3v) is 4.17. The highest BCUT2D eigenvalue weighted by Crippen LogP contribution is 2.50. The van der Waals surface area contributed by atoms with Gasteiger partial charge in [-0.25, -0.2) is 4.79 Å². The van der Waals surface area contributed by atoms with Gasteiger partial charge in [-0.2, -0.15) is 13.2 Å². The van der Waals surface area contributed by atoms with E-state index in [4.69, 9.17) is 16.3 Å². The van der Waals surface area contributed by atoms with E-state index in [1.165, 1.54) is 24.3 Å². The van der Waals surface area contributed by atoms with Crippen LogP contribution in [0.2, 0.25) is 5.02 Å². The molecule has 0 saturated heterocycles. The second-order valence-corrected chi connectivity index (χ2v) is 5.90. The molecule has 0 bridgehead atoms. The third kappa shape index (κ3) is 2.91. The average molecular weight is 353 g/mol. The highest BCUT2D eigenvalue weighted by Gasteiger charge is 2.60. The number of ether oxygens (including phenoxy) is 1. The maximum atomic E-state index is 13.9. The molecule has 0 radical (unpaired) electrons. The van der Waals surface area contributed by atoms with Gasteiger partial charge >= 0.3 is 12.1 Å². The molecule has 0 aromatic heterocycles. The van der Waals surface area contributed by atoms with E-state index < -0.39 is 24.2 Å². The minimum absolute atomic E-state index is 0.106. The van der Waals surface area contributed by atoms with Crippen LogP contribution in [0.1, 0.15) is 17.5 Å². The lowest BCUT2D eigenvalue weighted by Gasteiger charge is -2.38. The zero-order valence-corrected chi connectivity index (χ0v) is 13.1. The van der Waals surface area contributed by atoms with Crippen LogP contribution in [0.15, 0.2) is 60.7 Å². The second-order valence-electron chi connectivity index (χ2n) is 5.47. The first-order chi connectivity index (χ1) is 11.3. The molecule has 2 aromatic rings. The predicted molar refractivity (Wildman–Crippen MR) is 84.3 cm³/mol. The van der Waals surface area contributed by atoms with Crippen molar-refractivity contribution in [2.75, 3.05) is 0 Å². The number of carbonyl (C=O) groups excluding carboxylic acids is 1. The molecule has 2 nitrogen and oxygen atoms in total. The molecule has 0 spiro atoms. The van der Waals surface area contributed by atoms with Gasteiger partial charge in [-0.15, -0.1) is 0 Å². The predicted octanol–water partition coefficient (Wildman–Crippen LogP) is 5.13. The maximum Gasteiger partial charge on any atom is 0.433 e. The first-order valence-corrected chi connectivity index (χ1v) is 7.51. The summed E-state index contributed by atoms with van der Waals surface area (Å²) in [4.78, 5) is 11.9. The van der Waals surface area contributed by atoms with E-state index in [9.17, 15) is 18.0 Å². The Morgan fingerprint density at radius 1 is 1.00 bits per heavy atom. The molecule has 1 aliphatic heterocycles. The minimum atomic E-state index is -4.75. The van der Waals surface area contributed by atoms with Crippen molar-refractivity contribution in [3.63, 3.8) is 0 Å². The molecule has 0 amide bonds. The number of hydrogen-bond donors (Lipinski definition) is 0. The SMILES string of the molecule is O=C1C=C(c2ccc(Cl)cc2)C[C@@](c2ccccc2)(C(F)(F)F)O1. The summed E-state index contributed by atoms with van der Waals surface area (Å²) in [6.45, 7) is 0. The molecule has 0 aliphatic carbocycles. The number of halogens is 4. The van der Waals surface area contributed by atoms with E-state index >= 15 is 0 Å². The number of benzene rings is 2. The smallest absolute Gasteiger partial charge is 0.433 e. The summed E-state index contributed by atoms with van der Waals surface area (Å²) in [6, 6.07) is 13.5. The van der Waals surface area contributed by atoms with Gasteiger partial charge in [0, 0.05) is 23.1 Å². The molecule has 1 aliphatic rings. The summed E-state index contributed by atoms with van der Waals surface area (Å²) in [5.41, 5.74) is -2.05. The Bertz CT molecular complexity index is 782. The molecule has 0 unspecified atom stereocenters. The Morgan fingerprint density at radius 2 is 1.62 bits per heavy atom. The van der Waals surface area contributed by atoms with Crippen molar-refractivity contribution < 1.29 is 22.7 Å². The first-order valence-electron chi connectivity index (χ1n) is 7.13. The molecule has 24 heavy (non-hydrogen) atoms. The quantitative estimate of drug-likeness (QED) is 0.700. The third-order valence-electron chi connectivity index (χ3n) is 3.92. The van der Waals surface area contributed by atoms with Gasteiger partial charge in [0.2, 0.25) is 5.60 Å². The van der Waals surface area contributed by atoms with Crippen LogP contribution in [-0.2, 0) is 15.1 Å². The summed E-state index contributed by atoms with van der Waals surface area (Å²) < 4.78 is 46.5. The lowest BCUT2D eigenvalue weighted by molar-refractivity contribution is -0.274. The largest absolute Gasteiger partial charge is 0.441 e. The van der Waals surface area contributed by atoms with Gasteiger partial charge in [0.05, 0.1) is 0 Å². The standard InChI is InChI=1S/C18H12ClF3O2/c19-15-8-6-12(7-9-15)13-10-16(23)24-17(11-13,18(20,21)22)14-4-2-1-3-5-14/h1-10H,11H2/t17-/m1/s1. The summed E-state index contributed by atoms with van der Waals surface area (Å²) in [7, 11) is 0. The van der Waals surface area contributed by atoms with Crippen LogP contribution < -0.4 is 0 Å². The molecular formula is C18H12ClF3O2. The summed E-state index contributed by atoms with van der Waals surface area (Å²) >= 11 is 5.81. The Morgan fingerprint density at radius 3 is 2.21 bits per heavy atom. The van der Waals surface area contributed by atoms with Gasteiger partial charge in [0.25, 0.3) is 0 Å². The number of rotatable bonds is 2. The average Bonchev–Trinajstić information content (AvgIpc) is 2.54. The van der Waals surface area contributed by atoms with Crippen LogP contribution in [0.25, 0.3) is 5.57 Å². The minimum Gasteiger partial charge on any atom is -0.441 e. The van der Waals surface area contributed by atoms with Crippen molar-refractivity contribution in [1.29, 1.82) is 0 Å². The van der Waals surface area contributed by atoms with Crippen molar-refractivity contribution in [2.45, 2.75) is 18.2 Å². The number of carbonyl (C=O) groups is 1. The van der Waals surface area contributed by atoms with Crippen LogP contribution in [0.5, 0.6) is 0 Å². The van der Waals surface area contributed by atoms with Gasteiger partial charge in [-0.1, -0.05) is 54.1 Å². The van der Waals surface area contributed by atoms with Crippen LogP contribution >= 0.6 is 11.6 Å². The Kier molecular flexibility index (Phi) is 4.13. The molecule has 0 fully saturated rings. The van der Waals surface area contributed by atoms with Gasteiger partial charge in [0.1, 0.15) is 0 Å². The molecule has 3 rings (SSSR count). The Balaban J connectivity index is 2.11. The fourth-order valence-electron chi connectivity index (χ4n) is 2.74. The van der Waals surface area contributed by atoms with Crippen molar-refractivity contribution in [3.05, 3.63) is 76.8 Å². The van der Waals surface area contributed by atoms with Crippen molar-refractivity contribution in [1.82, 2.24) is 0 Å². The molecule has 0 N–H and O–H groups in total. The molecule has 2 aromatic carbocycles. The zero-order chi connectivity index (χ0) is 17.4. The number of esters is 1. The number of alkyl halides is 3. The van der Waals surface area contributed by atoms with Crippen LogP contribution in [-0.4, -0.2) is 12.1 Å². The molecule has 1 heterocycles. The first kappa shape index (κ1) is 16.6. The summed E-state index contributed by atoms with van der Waals surface area (Å²) in [5, 5.41) is 0.461. The van der Waals surface area contributed by atoms with Gasteiger partial charge in [-0.3, -0.25) is 0 Å². The van der Waals surface area contributed by atoms with E-state index in [0.29, 0.717) is 10.6 Å². The lowest BCUT2D eigenvalue weighted by atomic mass is 9.82. The van der Waals surface area contributed by atoms with Crippen molar-refractivity contribution in [3.8, 4) is 0 Å². The zero-order valence-electron chi connectivity index (χ0n) is 12.3. The fourth-order valence-corrected chi connectivity index (χ4v) is 2.86. The normalized spacial score (nSPS) is 21.2. The maximum absolute atomic E-state index is 13.9. The van der Waals surface area contributed by atoms with E-state index in [2.05, 4.69) is 0 Å². The lowest BCUT2D eigenvalue weighted by Crippen LogP contribution is -2.48. The van der Waals surface area contributed by atoms with Crippen LogP contribution in [0, 0.1) is 0 Å². The number of hydrogen-bond acceptors (Lipinski definition) is 2. The van der Waals surface area contributed by atoms with Crippen molar-refractivity contribution in [2.24, 2.45) is 0 Å². The number of cyclic esters (lactones) is 1. The topological polar surface area (TPSA) is 26.3 Å². The highest BCUT2D eigenvalue weighted by molar-refractivity contribution is 6.30. The summed E-state index contributed by atoms with van der Waals surface area (Å²) in [5.74, 6) is -1.02. The molecular weight excluding hydrogens is 341 g/mol. The summed E-state index contributed by atoms with van der Waals surface area (Å²) in [6.07, 6.45) is -4.15. The monoisotopic (exact) mass is 352 g/mol. The Hall–Kier alpha value is -2.27. The van der Waals surface area contributed by atoms with Gasteiger partial charge < -0.3 is 4.74 Å². The molecule has 124 valence electrons. The molecule has 6 heteroatoms. The van der Waals surface area contributed by atoms with E-state index in [-0.39, 0.29) is 11.1 Å².